The lowest BCUT2D eigenvalue weighted by Gasteiger charge is -2.41. The zero-order chi connectivity index (χ0) is 21.5. The smallest absolute Gasteiger partial charge is 0.264 e. The Hall–Kier alpha value is -2.07. The van der Waals surface area contributed by atoms with Gasteiger partial charge in [0, 0.05) is 6.20 Å². The first-order valence-electron chi connectivity index (χ1n) is 9.30. The van der Waals surface area contributed by atoms with Crippen molar-refractivity contribution in [1.82, 2.24) is 10.3 Å². The number of ether oxygens (including phenoxy) is 1. The molecule has 1 aromatic heterocycles. The summed E-state index contributed by atoms with van der Waals surface area (Å²) in [6.07, 6.45) is 3.63. The van der Waals surface area contributed by atoms with Gasteiger partial charge >= 0.3 is 0 Å². The number of nitrogens with one attached hydrogen (secondary N) is 1. The molecule has 0 saturated heterocycles. The van der Waals surface area contributed by atoms with Crippen molar-refractivity contribution in [2.75, 3.05) is 24.1 Å². The van der Waals surface area contributed by atoms with Crippen LogP contribution < -0.4 is 14.4 Å². The number of anilines is 1. The Kier molecular flexibility index (Phi) is 5.56. The number of hydrogen-bond acceptors (Lipinski definition) is 6. The number of rotatable bonds is 5. The Bertz CT molecular complexity index is 1100. The molecule has 2 N–H and O–H groups in total. The Morgan fingerprint density at radius 3 is 2.67 bits per heavy atom. The van der Waals surface area contributed by atoms with Gasteiger partial charge in [0.1, 0.15) is 12.3 Å². The number of amides is 1. The number of aromatic nitrogens is 1. The van der Waals surface area contributed by atoms with E-state index in [2.05, 4.69) is 10.3 Å². The molecule has 4 rings (SSSR count). The molecule has 8 nitrogen and oxygen atoms in total. The zero-order valence-corrected chi connectivity index (χ0v) is 18.1. The molecule has 1 fully saturated rings. The average molecular weight is 472 g/mol. The predicted molar refractivity (Wildman–Crippen MR) is 112 cm³/mol. The second kappa shape index (κ2) is 7.88. The van der Waals surface area contributed by atoms with Crippen LogP contribution >= 0.6 is 23.2 Å². The van der Waals surface area contributed by atoms with Crippen LogP contribution in [0.2, 0.25) is 10.0 Å². The van der Waals surface area contributed by atoms with Crippen LogP contribution in [0.25, 0.3) is 0 Å². The maximum absolute atomic E-state index is 13.2. The standard InChI is InChI=1S/C19H19Cl2N3O5S/c20-14-3-2-13(9-15(14)21)30(27,28)24-6-7-29-18-16(24)8-12(10-22-18)17(26)23-19(11-25)4-1-5-19/h2-3,8-10,25H,1,4-7,11H2,(H,23,26). The molecular weight excluding hydrogens is 453 g/mol. The molecule has 0 radical (unpaired) electrons. The fourth-order valence-corrected chi connectivity index (χ4v) is 5.28. The minimum Gasteiger partial charge on any atom is -0.474 e. The van der Waals surface area contributed by atoms with E-state index in [4.69, 9.17) is 27.9 Å². The van der Waals surface area contributed by atoms with Crippen molar-refractivity contribution in [2.24, 2.45) is 0 Å². The molecule has 160 valence electrons. The van der Waals surface area contributed by atoms with Gasteiger partial charge in [0.15, 0.2) is 0 Å². The summed E-state index contributed by atoms with van der Waals surface area (Å²) >= 11 is 11.9. The third kappa shape index (κ3) is 3.71. The molecular formula is C19H19Cl2N3O5S. The lowest BCUT2D eigenvalue weighted by atomic mass is 9.77. The average Bonchev–Trinajstić information content (AvgIpc) is 2.71. The van der Waals surface area contributed by atoms with Gasteiger partial charge in [-0.2, -0.15) is 0 Å². The molecule has 2 aromatic rings. The van der Waals surface area contributed by atoms with Crippen LogP contribution in [0.15, 0.2) is 35.4 Å². The summed E-state index contributed by atoms with van der Waals surface area (Å²) in [4.78, 5) is 16.8. The number of pyridine rings is 1. The van der Waals surface area contributed by atoms with Crippen LogP contribution in [-0.4, -0.2) is 49.7 Å². The van der Waals surface area contributed by atoms with Gasteiger partial charge in [-0.05, 0) is 43.5 Å². The fraction of sp³-hybridized carbons (Fsp3) is 0.368. The summed E-state index contributed by atoms with van der Waals surface area (Å²) < 4.78 is 33.1. The molecule has 1 amide bonds. The molecule has 1 aliphatic heterocycles. The van der Waals surface area contributed by atoms with Gasteiger partial charge in [0.05, 0.1) is 39.2 Å². The highest BCUT2D eigenvalue weighted by molar-refractivity contribution is 7.92. The van der Waals surface area contributed by atoms with Crippen molar-refractivity contribution in [3.05, 3.63) is 46.1 Å². The molecule has 30 heavy (non-hydrogen) atoms. The fourth-order valence-electron chi connectivity index (χ4n) is 3.45. The Balaban J connectivity index is 1.68. The lowest BCUT2D eigenvalue weighted by Crippen LogP contribution is -2.56. The second-order valence-corrected chi connectivity index (χ2v) is 9.97. The molecule has 11 heteroatoms. The van der Waals surface area contributed by atoms with Crippen molar-refractivity contribution in [3.8, 4) is 5.88 Å². The summed E-state index contributed by atoms with van der Waals surface area (Å²) in [5, 5.41) is 12.8. The van der Waals surface area contributed by atoms with E-state index in [1.165, 1.54) is 30.5 Å². The van der Waals surface area contributed by atoms with Gasteiger partial charge in [0.2, 0.25) is 5.88 Å². The molecule has 2 heterocycles. The number of nitrogens with zero attached hydrogens (tertiary/aromatic N) is 2. The van der Waals surface area contributed by atoms with Crippen molar-refractivity contribution in [3.63, 3.8) is 0 Å². The predicted octanol–water partition coefficient (Wildman–Crippen LogP) is 2.62. The van der Waals surface area contributed by atoms with Gasteiger partial charge < -0.3 is 15.2 Å². The number of aliphatic hydroxyl groups excluding tert-OH is 1. The van der Waals surface area contributed by atoms with Crippen LogP contribution in [0.4, 0.5) is 5.69 Å². The van der Waals surface area contributed by atoms with E-state index in [-0.39, 0.29) is 51.8 Å². The van der Waals surface area contributed by atoms with Gasteiger partial charge in [-0.15, -0.1) is 0 Å². The number of hydrogen-bond donors (Lipinski definition) is 2. The van der Waals surface area contributed by atoms with Crippen molar-refractivity contribution >= 4 is 44.8 Å². The van der Waals surface area contributed by atoms with E-state index in [9.17, 15) is 18.3 Å². The zero-order valence-electron chi connectivity index (χ0n) is 15.8. The number of carbonyl (C=O) groups is 1. The summed E-state index contributed by atoms with van der Waals surface area (Å²) in [5.74, 6) is -0.321. The summed E-state index contributed by atoms with van der Waals surface area (Å²) in [6, 6.07) is 5.48. The quantitative estimate of drug-likeness (QED) is 0.693. The third-order valence-corrected chi connectivity index (χ3v) is 7.92. The van der Waals surface area contributed by atoms with Crippen molar-refractivity contribution in [1.29, 1.82) is 0 Å². The number of benzene rings is 1. The summed E-state index contributed by atoms with van der Waals surface area (Å²) in [5.41, 5.74) is -0.296. The summed E-state index contributed by atoms with van der Waals surface area (Å²) in [7, 11) is -3.99. The normalized spacial score (nSPS) is 17.5. The van der Waals surface area contributed by atoms with E-state index in [1.54, 1.807) is 0 Å². The first kappa shape index (κ1) is 21.2. The van der Waals surface area contributed by atoms with Crippen LogP contribution in [0.3, 0.4) is 0 Å². The van der Waals surface area contributed by atoms with E-state index >= 15 is 0 Å². The van der Waals surface area contributed by atoms with E-state index in [0.717, 1.165) is 10.7 Å². The van der Waals surface area contributed by atoms with Crippen LogP contribution in [-0.2, 0) is 10.0 Å². The number of aliphatic hydroxyl groups is 1. The molecule has 0 atom stereocenters. The van der Waals surface area contributed by atoms with Crippen LogP contribution in [0.5, 0.6) is 5.88 Å². The maximum atomic E-state index is 13.2. The van der Waals surface area contributed by atoms with Gasteiger partial charge in [-0.25, -0.2) is 13.4 Å². The third-order valence-electron chi connectivity index (χ3n) is 5.37. The molecule has 0 unspecified atom stereocenters. The van der Waals surface area contributed by atoms with E-state index in [1.807, 2.05) is 0 Å². The van der Waals surface area contributed by atoms with Crippen molar-refractivity contribution < 1.29 is 23.1 Å². The highest BCUT2D eigenvalue weighted by Gasteiger charge is 2.38. The molecule has 1 saturated carbocycles. The summed E-state index contributed by atoms with van der Waals surface area (Å²) in [6.45, 7) is 0.000673. The Morgan fingerprint density at radius 1 is 1.27 bits per heavy atom. The number of fused-ring (bicyclic) bond motifs is 1. The SMILES string of the molecule is O=C(NC1(CO)CCC1)c1cnc2c(c1)N(S(=O)(=O)c1ccc(Cl)c(Cl)c1)CCO2. The molecule has 1 aliphatic carbocycles. The molecule has 1 aromatic carbocycles. The van der Waals surface area contributed by atoms with E-state index < -0.39 is 21.5 Å². The van der Waals surface area contributed by atoms with E-state index in [0.29, 0.717) is 12.8 Å². The maximum Gasteiger partial charge on any atom is 0.264 e. The highest BCUT2D eigenvalue weighted by Crippen LogP contribution is 2.36. The van der Waals surface area contributed by atoms with Gasteiger partial charge in [-0.1, -0.05) is 23.2 Å². The topological polar surface area (TPSA) is 109 Å². The highest BCUT2D eigenvalue weighted by atomic mass is 35.5. The lowest BCUT2D eigenvalue weighted by molar-refractivity contribution is 0.0641. The van der Waals surface area contributed by atoms with Gasteiger partial charge in [0.25, 0.3) is 15.9 Å². The number of carbonyl (C=O) groups excluding carboxylic acids is 1. The largest absolute Gasteiger partial charge is 0.474 e. The molecule has 0 bridgehead atoms. The first-order valence-corrected chi connectivity index (χ1v) is 11.5. The van der Waals surface area contributed by atoms with Crippen LogP contribution in [0.1, 0.15) is 29.6 Å². The molecule has 2 aliphatic rings. The minimum absolute atomic E-state index is 0.0340. The second-order valence-electron chi connectivity index (χ2n) is 7.30. The minimum atomic E-state index is -3.99. The monoisotopic (exact) mass is 471 g/mol. The first-order chi connectivity index (χ1) is 14.3. The number of sulfonamides is 1. The van der Waals surface area contributed by atoms with Gasteiger partial charge in [-0.3, -0.25) is 9.10 Å². The Morgan fingerprint density at radius 2 is 2.03 bits per heavy atom. The van der Waals surface area contributed by atoms with Crippen molar-refractivity contribution in [2.45, 2.75) is 29.7 Å². The Labute approximate surface area is 183 Å². The molecule has 0 spiro atoms. The number of halogens is 2. The van der Waals surface area contributed by atoms with Crippen LogP contribution in [0, 0.1) is 0 Å².